The van der Waals surface area contributed by atoms with Gasteiger partial charge in [-0.1, -0.05) is 0 Å². The van der Waals surface area contributed by atoms with Crippen LogP contribution in [0.3, 0.4) is 0 Å². The molecule has 0 aliphatic heterocycles. The fraction of sp³-hybridized carbons (Fsp3) is 0.0714. The normalized spacial score (nSPS) is 10.7. The van der Waals surface area contributed by atoms with Crippen molar-refractivity contribution >= 4 is 33.1 Å². The SMILES string of the molecule is Cc1nc2cc(NC(=O)c3cccnc3F)ccc2s1. The van der Waals surface area contributed by atoms with Gasteiger partial charge in [0.15, 0.2) is 0 Å². The van der Waals surface area contributed by atoms with E-state index < -0.39 is 11.9 Å². The van der Waals surface area contributed by atoms with Crippen molar-refractivity contribution in [3.63, 3.8) is 0 Å². The van der Waals surface area contributed by atoms with Gasteiger partial charge in [-0.3, -0.25) is 4.79 Å². The predicted octanol–water partition coefficient (Wildman–Crippen LogP) is 3.39. The second-order valence-corrected chi connectivity index (χ2v) is 5.45. The zero-order chi connectivity index (χ0) is 14.1. The largest absolute Gasteiger partial charge is 0.322 e. The van der Waals surface area contributed by atoms with Crippen LogP contribution in [0.25, 0.3) is 10.2 Å². The van der Waals surface area contributed by atoms with Crippen molar-refractivity contribution in [3.05, 3.63) is 53.0 Å². The van der Waals surface area contributed by atoms with Crippen molar-refractivity contribution in [1.29, 1.82) is 0 Å². The number of hydrogen-bond acceptors (Lipinski definition) is 4. The first kappa shape index (κ1) is 12.7. The van der Waals surface area contributed by atoms with E-state index in [1.165, 1.54) is 18.3 Å². The van der Waals surface area contributed by atoms with Crippen molar-refractivity contribution in [2.45, 2.75) is 6.92 Å². The monoisotopic (exact) mass is 287 g/mol. The summed E-state index contributed by atoms with van der Waals surface area (Å²) in [5.41, 5.74) is 1.31. The van der Waals surface area contributed by atoms with Crippen LogP contribution in [0, 0.1) is 12.9 Å². The van der Waals surface area contributed by atoms with Crippen LogP contribution in [0.5, 0.6) is 0 Å². The first-order valence-electron chi connectivity index (χ1n) is 5.92. The number of benzene rings is 1. The minimum absolute atomic E-state index is 0.0814. The van der Waals surface area contributed by atoms with Crippen molar-refractivity contribution in [3.8, 4) is 0 Å². The Morgan fingerprint density at radius 3 is 3.00 bits per heavy atom. The number of pyridine rings is 1. The molecule has 0 atom stereocenters. The molecule has 2 heterocycles. The number of halogens is 1. The first-order chi connectivity index (χ1) is 9.63. The third kappa shape index (κ3) is 2.37. The highest BCUT2D eigenvalue weighted by atomic mass is 32.1. The van der Waals surface area contributed by atoms with Gasteiger partial charge >= 0.3 is 0 Å². The van der Waals surface area contributed by atoms with Crippen LogP contribution in [0.4, 0.5) is 10.1 Å². The molecule has 3 aromatic rings. The summed E-state index contributed by atoms with van der Waals surface area (Å²) < 4.78 is 14.5. The number of fused-ring (bicyclic) bond motifs is 1. The van der Waals surface area contributed by atoms with Crippen molar-refractivity contribution in [2.75, 3.05) is 5.32 Å². The van der Waals surface area contributed by atoms with Gasteiger partial charge in [0.05, 0.1) is 20.8 Å². The quantitative estimate of drug-likeness (QED) is 0.735. The van der Waals surface area contributed by atoms with E-state index in [1.807, 2.05) is 13.0 Å². The van der Waals surface area contributed by atoms with Gasteiger partial charge < -0.3 is 5.32 Å². The summed E-state index contributed by atoms with van der Waals surface area (Å²) in [5.74, 6) is -1.31. The molecular weight excluding hydrogens is 277 g/mol. The molecular formula is C14H10FN3OS. The second kappa shape index (κ2) is 4.97. The van der Waals surface area contributed by atoms with Crippen LogP contribution in [0.2, 0.25) is 0 Å². The smallest absolute Gasteiger partial charge is 0.260 e. The summed E-state index contributed by atoms with van der Waals surface area (Å²) in [5, 5.41) is 3.61. The van der Waals surface area contributed by atoms with E-state index in [0.717, 1.165) is 15.2 Å². The van der Waals surface area contributed by atoms with E-state index in [-0.39, 0.29) is 5.56 Å². The van der Waals surface area contributed by atoms with Crippen LogP contribution in [0.1, 0.15) is 15.4 Å². The molecule has 1 N–H and O–H groups in total. The summed E-state index contributed by atoms with van der Waals surface area (Å²) in [4.78, 5) is 19.8. The minimum atomic E-state index is -0.782. The van der Waals surface area contributed by atoms with Crippen molar-refractivity contribution < 1.29 is 9.18 Å². The number of carbonyl (C=O) groups is 1. The van der Waals surface area contributed by atoms with Crippen LogP contribution in [-0.4, -0.2) is 15.9 Å². The molecule has 20 heavy (non-hydrogen) atoms. The summed E-state index contributed by atoms with van der Waals surface area (Å²) in [6.07, 6.45) is 1.30. The number of thiazole rings is 1. The van der Waals surface area contributed by atoms with E-state index in [2.05, 4.69) is 15.3 Å². The predicted molar refractivity (Wildman–Crippen MR) is 76.5 cm³/mol. The Morgan fingerprint density at radius 1 is 1.35 bits per heavy atom. The molecule has 0 aliphatic rings. The van der Waals surface area contributed by atoms with E-state index >= 15 is 0 Å². The Hall–Kier alpha value is -2.34. The van der Waals surface area contributed by atoms with E-state index in [9.17, 15) is 9.18 Å². The average molecular weight is 287 g/mol. The van der Waals surface area contributed by atoms with E-state index in [1.54, 1.807) is 23.5 Å². The van der Waals surface area contributed by atoms with Crippen LogP contribution >= 0.6 is 11.3 Å². The van der Waals surface area contributed by atoms with Gasteiger partial charge in [0.1, 0.15) is 0 Å². The third-order valence-corrected chi connectivity index (χ3v) is 3.71. The number of rotatable bonds is 2. The van der Waals surface area contributed by atoms with Crippen molar-refractivity contribution in [2.24, 2.45) is 0 Å². The molecule has 0 radical (unpaired) electrons. The van der Waals surface area contributed by atoms with Gasteiger partial charge in [-0.2, -0.15) is 4.39 Å². The number of aryl methyl sites for hydroxylation is 1. The van der Waals surface area contributed by atoms with Crippen molar-refractivity contribution in [1.82, 2.24) is 9.97 Å². The highest BCUT2D eigenvalue weighted by Gasteiger charge is 2.12. The molecule has 0 unspecified atom stereocenters. The van der Waals surface area contributed by atoms with Gasteiger partial charge in [0.2, 0.25) is 5.95 Å². The number of anilines is 1. The molecule has 0 spiro atoms. The Balaban J connectivity index is 1.89. The lowest BCUT2D eigenvalue weighted by atomic mass is 10.2. The van der Waals surface area contributed by atoms with Gasteiger partial charge in [0, 0.05) is 11.9 Å². The molecule has 2 aromatic heterocycles. The number of nitrogens with zero attached hydrogens (tertiary/aromatic N) is 2. The molecule has 3 rings (SSSR count). The lowest BCUT2D eigenvalue weighted by Gasteiger charge is -2.05. The maximum absolute atomic E-state index is 13.4. The summed E-state index contributed by atoms with van der Waals surface area (Å²) in [7, 11) is 0. The Morgan fingerprint density at radius 2 is 2.20 bits per heavy atom. The molecule has 0 saturated carbocycles. The Labute approximate surface area is 118 Å². The Kier molecular flexibility index (Phi) is 3.15. The fourth-order valence-electron chi connectivity index (χ4n) is 1.87. The fourth-order valence-corrected chi connectivity index (χ4v) is 2.68. The maximum Gasteiger partial charge on any atom is 0.260 e. The molecule has 1 amide bonds. The van der Waals surface area contributed by atoms with Gasteiger partial charge in [-0.05, 0) is 37.3 Å². The molecule has 100 valence electrons. The number of carbonyl (C=O) groups excluding carboxylic acids is 1. The lowest BCUT2D eigenvalue weighted by Crippen LogP contribution is -2.14. The first-order valence-corrected chi connectivity index (χ1v) is 6.74. The number of hydrogen-bond donors (Lipinski definition) is 1. The van der Waals surface area contributed by atoms with Gasteiger partial charge in [-0.25, -0.2) is 9.97 Å². The highest BCUT2D eigenvalue weighted by molar-refractivity contribution is 7.18. The number of aromatic nitrogens is 2. The van der Waals surface area contributed by atoms with E-state index in [4.69, 9.17) is 0 Å². The van der Waals surface area contributed by atoms with Crippen LogP contribution < -0.4 is 5.32 Å². The second-order valence-electron chi connectivity index (χ2n) is 4.21. The maximum atomic E-state index is 13.4. The average Bonchev–Trinajstić information content (AvgIpc) is 2.78. The molecule has 1 aromatic carbocycles. The zero-order valence-electron chi connectivity index (χ0n) is 10.6. The highest BCUT2D eigenvalue weighted by Crippen LogP contribution is 2.24. The number of nitrogens with one attached hydrogen (secondary N) is 1. The third-order valence-electron chi connectivity index (χ3n) is 2.76. The Bertz CT molecular complexity index is 800. The molecule has 0 saturated heterocycles. The number of amides is 1. The molecule has 6 heteroatoms. The molecule has 0 bridgehead atoms. The van der Waals surface area contributed by atoms with Crippen LogP contribution in [0.15, 0.2) is 36.5 Å². The lowest BCUT2D eigenvalue weighted by molar-refractivity contribution is 0.102. The van der Waals surface area contributed by atoms with Crippen LogP contribution in [-0.2, 0) is 0 Å². The van der Waals surface area contributed by atoms with Gasteiger partial charge in [-0.15, -0.1) is 11.3 Å². The topological polar surface area (TPSA) is 54.9 Å². The molecule has 4 nitrogen and oxygen atoms in total. The van der Waals surface area contributed by atoms with E-state index in [0.29, 0.717) is 5.69 Å². The summed E-state index contributed by atoms with van der Waals surface area (Å²) >= 11 is 1.58. The summed E-state index contributed by atoms with van der Waals surface area (Å²) in [6, 6.07) is 8.33. The molecule has 0 aliphatic carbocycles. The standard InChI is InChI=1S/C14H10FN3OS/c1-8-17-11-7-9(4-5-12(11)20-8)18-14(19)10-3-2-6-16-13(10)15/h2-7H,1H3,(H,18,19). The zero-order valence-corrected chi connectivity index (χ0v) is 11.4. The summed E-state index contributed by atoms with van der Waals surface area (Å²) in [6.45, 7) is 1.92. The minimum Gasteiger partial charge on any atom is -0.322 e. The van der Waals surface area contributed by atoms with Gasteiger partial charge in [0.25, 0.3) is 5.91 Å². The molecule has 0 fully saturated rings.